The Bertz CT molecular complexity index is 1170. The zero-order chi connectivity index (χ0) is 20.8. The Morgan fingerprint density at radius 3 is 2.50 bits per heavy atom. The molecule has 154 valence electrons. The molecule has 0 bridgehead atoms. The smallest absolute Gasteiger partial charge is 0.261 e. The Labute approximate surface area is 176 Å². The van der Waals surface area contributed by atoms with E-state index in [0.717, 1.165) is 26.1 Å². The highest BCUT2D eigenvalue weighted by Gasteiger charge is 2.36. The van der Waals surface area contributed by atoms with Crippen LogP contribution in [0.5, 0.6) is 0 Å². The zero-order valence-electron chi connectivity index (χ0n) is 16.2. The van der Waals surface area contributed by atoms with E-state index in [2.05, 4.69) is 19.9 Å². The molecule has 30 heavy (non-hydrogen) atoms. The van der Waals surface area contributed by atoms with E-state index in [-0.39, 0.29) is 28.0 Å². The number of fused-ring (bicyclic) bond motifs is 2. The van der Waals surface area contributed by atoms with Gasteiger partial charge in [-0.05, 0) is 57.1 Å². The molecule has 2 aliphatic rings. The predicted molar refractivity (Wildman–Crippen MR) is 113 cm³/mol. The summed E-state index contributed by atoms with van der Waals surface area (Å²) in [5.41, 5.74) is 1.63. The van der Waals surface area contributed by atoms with Crippen LogP contribution in [0.4, 0.5) is 0 Å². The van der Waals surface area contributed by atoms with E-state index in [1.165, 1.54) is 23.9 Å². The van der Waals surface area contributed by atoms with Crippen molar-refractivity contribution in [2.45, 2.75) is 19.3 Å². The molecule has 1 aromatic carbocycles. The minimum absolute atomic E-state index is 0.219. The van der Waals surface area contributed by atoms with Gasteiger partial charge in [-0.15, -0.1) is 0 Å². The number of hydrogen-bond donors (Lipinski definition) is 2. The number of benzene rings is 1. The molecule has 9 heteroatoms. The van der Waals surface area contributed by atoms with Crippen LogP contribution in [0.1, 0.15) is 40.0 Å². The fourth-order valence-corrected chi connectivity index (χ4v) is 4.49. The maximum atomic E-state index is 12.8. The molecule has 2 aromatic heterocycles. The van der Waals surface area contributed by atoms with Crippen LogP contribution in [0.15, 0.2) is 29.2 Å². The number of nitrogens with one attached hydrogen (secondary N) is 2. The number of carbonyl (C=O) groups excluding carboxylic acids is 2. The minimum atomic E-state index is -0.370. The number of halogens is 1. The van der Waals surface area contributed by atoms with E-state index in [9.17, 15) is 14.4 Å². The SMILES string of the molecule is O=C1c2cc3nc(-c4c(Cl)cc[nH]c4=O)[nH]c3cc2C(=O)N1CCCN1CCCC1. The summed E-state index contributed by atoms with van der Waals surface area (Å²) in [4.78, 5) is 51.6. The molecule has 2 N–H and O–H groups in total. The molecule has 0 radical (unpaired) electrons. The van der Waals surface area contributed by atoms with E-state index in [1.807, 2.05) is 0 Å². The maximum Gasteiger partial charge on any atom is 0.261 e. The average molecular weight is 426 g/mol. The zero-order valence-corrected chi connectivity index (χ0v) is 17.0. The van der Waals surface area contributed by atoms with Crippen molar-refractivity contribution >= 4 is 34.4 Å². The molecule has 3 aromatic rings. The summed E-state index contributed by atoms with van der Waals surface area (Å²) < 4.78 is 0. The van der Waals surface area contributed by atoms with Gasteiger partial charge in [0.05, 0.1) is 27.2 Å². The maximum absolute atomic E-state index is 12.8. The molecule has 2 aliphatic heterocycles. The van der Waals surface area contributed by atoms with E-state index in [4.69, 9.17) is 11.6 Å². The first-order valence-corrected chi connectivity index (χ1v) is 10.4. The Balaban J connectivity index is 1.42. The van der Waals surface area contributed by atoms with Gasteiger partial charge in [-0.3, -0.25) is 19.3 Å². The Morgan fingerprint density at radius 2 is 1.77 bits per heavy atom. The number of carbonyl (C=O) groups is 2. The molecule has 0 saturated carbocycles. The van der Waals surface area contributed by atoms with Gasteiger partial charge in [-0.2, -0.15) is 0 Å². The number of amides is 2. The molecule has 0 spiro atoms. The standard InChI is InChI=1S/C21H20ClN5O3/c22-14-4-5-23-19(28)17(14)18-24-15-10-12-13(11-16(15)25-18)21(30)27(20(12)29)9-3-8-26-6-1-2-7-26/h4-5,10-11H,1-3,6-9H2,(H,23,28)(H,24,25). The molecule has 1 saturated heterocycles. The van der Waals surface area contributed by atoms with Gasteiger partial charge in [0, 0.05) is 12.7 Å². The molecular weight excluding hydrogens is 406 g/mol. The summed E-state index contributed by atoms with van der Waals surface area (Å²) in [7, 11) is 0. The van der Waals surface area contributed by atoms with Crippen LogP contribution in [0.25, 0.3) is 22.4 Å². The third kappa shape index (κ3) is 3.12. The fraction of sp³-hybridized carbons (Fsp3) is 0.333. The van der Waals surface area contributed by atoms with Gasteiger partial charge in [0.25, 0.3) is 17.4 Å². The number of likely N-dealkylation sites (tertiary alicyclic amines) is 1. The monoisotopic (exact) mass is 425 g/mol. The number of hydrogen-bond acceptors (Lipinski definition) is 5. The number of pyridine rings is 1. The lowest BCUT2D eigenvalue weighted by molar-refractivity contribution is 0.0648. The van der Waals surface area contributed by atoms with E-state index in [0.29, 0.717) is 34.5 Å². The average Bonchev–Trinajstić information content (AvgIpc) is 3.42. The normalized spacial score (nSPS) is 16.8. The lowest BCUT2D eigenvalue weighted by atomic mass is 10.1. The van der Waals surface area contributed by atoms with Crippen molar-refractivity contribution in [1.29, 1.82) is 0 Å². The van der Waals surface area contributed by atoms with Crippen LogP contribution in [-0.4, -0.2) is 62.7 Å². The third-order valence-corrected chi connectivity index (χ3v) is 6.09. The Morgan fingerprint density at radius 1 is 1.03 bits per heavy atom. The first-order valence-electron chi connectivity index (χ1n) is 10.0. The highest BCUT2D eigenvalue weighted by Crippen LogP contribution is 2.30. The summed E-state index contributed by atoms with van der Waals surface area (Å²) in [6.07, 6.45) is 4.66. The second-order valence-corrected chi connectivity index (χ2v) is 8.10. The lowest BCUT2D eigenvalue weighted by Crippen LogP contribution is -2.33. The summed E-state index contributed by atoms with van der Waals surface area (Å²) in [6.45, 7) is 3.49. The second kappa shape index (κ2) is 7.37. The van der Waals surface area contributed by atoms with E-state index < -0.39 is 0 Å². The third-order valence-electron chi connectivity index (χ3n) is 5.77. The molecule has 8 nitrogen and oxygen atoms in total. The summed E-state index contributed by atoms with van der Waals surface area (Å²) in [5.74, 6) is -0.286. The van der Waals surface area contributed by atoms with Crippen molar-refractivity contribution < 1.29 is 9.59 Å². The van der Waals surface area contributed by atoms with Crippen LogP contribution in [0, 0.1) is 0 Å². The van der Waals surface area contributed by atoms with Crippen LogP contribution >= 0.6 is 11.6 Å². The number of aromatic nitrogens is 3. The van der Waals surface area contributed by atoms with Crippen LogP contribution in [-0.2, 0) is 0 Å². The van der Waals surface area contributed by atoms with Crippen molar-refractivity contribution in [3.63, 3.8) is 0 Å². The summed E-state index contributed by atoms with van der Waals surface area (Å²) in [5, 5.41) is 0.265. The fourth-order valence-electron chi connectivity index (χ4n) is 4.25. The number of imidazole rings is 1. The molecule has 4 heterocycles. The number of imide groups is 1. The highest BCUT2D eigenvalue weighted by molar-refractivity contribution is 6.33. The first-order chi connectivity index (χ1) is 14.5. The predicted octanol–water partition coefficient (Wildman–Crippen LogP) is 2.65. The van der Waals surface area contributed by atoms with Gasteiger partial charge in [-0.25, -0.2) is 4.98 Å². The number of aromatic amines is 2. The number of nitrogens with zero attached hydrogens (tertiary/aromatic N) is 3. The number of rotatable bonds is 5. The van der Waals surface area contributed by atoms with Crippen LogP contribution in [0.2, 0.25) is 5.02 Å². The molecular formula is C21H20ClN5O3. The summed E-state index contributed by atoms with van der Waals surface area (Å²) in [6, 6.07) is 4.81. The Hall–Kier alpha value is -2.97. The van der Waals surface area contributed by atoms with Gasteiger partial charge in [0.2, 0.25) is 0 Å². The van der Waals surface area contributed by atoms with Crippen LogP contribution < -0.4 is 5.56 Å². The minimum Gasteiger partial charge on any atom is -0.338 e. The largest absolute Gasteiger partial charge is 0.338 e. The first kappa shape index (κ1) is 19.0. The molecule has 1 fully saturated rings. The van der Waals surface area contributed by atoms with Gasteiger partial charge in [0.1, 0.15) is 11.4 Å². The van der Waals surface area contributed by atoms with Crippen LogP contribution in [0.3, 0.4) is 0 Å². The van der Waals surface area contributed by atoms with Gasteiger partial charge in [0.15, 0.2) is 0 Å². The molecule has 0 atom stereocenters. The van der Waals surface area contributed by atoms with Crippen molar-refractivity contribution in [1.82, 2.24) is 24.8 Å². The van der Waals surface area contributed by atoms with Crippen molar-refractivity contribution in [3.8, 4) is 11.4 Å². The number of H-pyrrole nitrogens is 2. The summed E-state index contributed by atoms with van der Waals surface area (Å²) >= 11 is 6.16. The van der Waals surface area contributed by atoms with E-state index >= 15 is 0 Å². The Kier molecular flexibility index (Phi) is 4.67. The quantitative estimate of drug-likeness (QED) is 0.612. The molecule has 5 rings (SSSR count). The van der Waals surface area contributed by atoms with Crippen molar-refractivity contribution in [3.05, 3.63) is 50.9 Å². The van der Waals surface area contributed by atoms with Crippen molar-refractivity contribution in [2.75, 3.05) is 26.2 Å². The second-order valence-electron chi connectivity index (χ2n) is 7.69. The highest BCUT2D eigenvalue weighted by atomic mass is 35.5. The van der Waals surface area contributed by atoms with Crippen molar-refractivity contribution in [2.24, 2.45) is 0 Å². The lowest BCUT2D eigenvalue weighted by Gasteiger charge is -2.17. The van der Waals surface area contributed by atoms with Gasteiger partial charge < -0.3 is 14.9 Å². The molecule has 2 amide bonds. The van der Waals surface area contributed by atoms with Gasteiger partial charge >= 0.3 is 0 Å². The van der Waals surface area contributed by atoms with Gasteiger partial charge in [-0.1, -0.05) is 11.6 Å². The molecule has 0 unspecified atom stereocenters. The van der Waals surface area contributed by atoms with E-state index in [1.54, 1.807) is 18.2 Å². The molecule has 0 aliphatic carbocycles. The topological polar surface area (TPSA) is 102 Å².